The van der Waals surface area contributed by atoms with E-state index in [1.807, 2.05) is 6.08 Å². The molecule has 0 radical (unpaired) electrons. The molecular formula is C41H82NO7P. The SMILES string of the molecule is CCCCCCCCCCCCCCC=COCC(COP(=O)(O)OCCN)OC(=O)CCCCCCCCCCCCCCCCCCC. The second-order valence-corrected chi connectivity index (χ2v) is 15.7. The number of carbonyl (C=O) groups is 1. The Morgan fingerprint density at radius 2 is 1.00 bits per heavy atom. The molecule has 0 aliphatic carbocycles. The highest BCUT2D eigenvalue weighted by molar-refractivity contribution is 7.47. The molecule has 0 amide bonds. The molecule has 0 heterocycles. The summed E-state index contributed by atoms with van der Waals surface area (Å²) < 4.78 is 33.1. The summed E-state index contributed by atoms with van der Waals surface area (Å²) in [6.07, 6.45) is 41.7. The summed E-state index contributed by atoms with van der Waals surface area (Å²) in [4.78, 5) is 22.4. The molecule has 0 aliphatic rings. The van der Waals surface area contributed by atoms with Crippen molar-refractivity contribution >= 4 is 13.8 Å². The Morgan fingerprint density at radius 3 is 1.42 bits per heavy atom. The van der Waals surface area contributed by atoms with Crippen LogP contribution in [0.1, 0.15) is 213 Å². The number of hydrogen-bond acceptors (Lipinski definition) is 7. The van der Waals surface area contributed by atoms with Gasteiger partial charge in [0.25, 0.3) is 0 Å². The molecule has 0 saturated heterocycles. The van der Waals surface area contributed by atoms with E-state index < -0.39 is 13.9 Å². The molecular weight excluding hydrogens is 649 g/mol. The molecule has 0 aromatic heterocycles. The summed E-state index contributed by atoms with van der Waals surface area (Å²) in [5.41, 5.74) is 5.36. The Labute approximate surface area is 309 Å². The summed E-state index contributed by atoms with van der Waals surface area (Å²) in [5, 5.41) is 0. The third kappa shape index (κ3) is 38.3. The molecule has 3 N–H and O–H groups in total. The Balaban J connectivity index is 4.04. The molecule has 0 saturated carbocycles. The summed E-state index contributed by atoms with van der Waals surface area (Å²) >= 11 is 0. The van der Waals surface area contributed by atoms with Gasteiger partial charge in [0.15, 0.2) is 6.10 Å². The first-order chi connectivity index (χ1) is 24.4. The zero-order valence-electron chi connectivity index (χ0n) is 32.9. The molecule has 9 heteroatoms. The standard InChI is InChI=1S/C41H82NO7P/c1-3-5-7-9-11-13-15-17-19-20-21-22-24-26-28-30-32-34-41(43)49-40(39-48-50(44,45)47-37-35-42)38-46-36-33-31-29-27-25-23-18-16-14-12-10-8-6-4-2/h33,36,40H,3-32,34-35,37-39,42H2,1-2H3,(H,44,45). The zero-order valence-corrected chi connectivity index (χ0v) is 33.8. The van der Waals surface area contributed by atoms with Crippen molar-refractivity contribution in [2.75, 3.05) is 26.4 Å². The van der Waals surface area contributed by atoms with E-state index in [-0.39, 0.29) is 32.3 Å². The van der Waals surface area contributed by atoms with E-state index in [4.69, 9.17) is 24.3 Å². The smallest absolute Gasteiger partial charge is 0.472 e. The van der Waals surface area contributed by atoms with Gasteiger partial charge in [-0.3, -0.25) is 13.8 Å². The highest BCUT2D eigenvalue weighted by Crippen LogP contribution is 2.43. The van der Waals surface area contributed by atoms with Crippen molar-refractivity contribution in [2.45, 2.75) is 219 Å². The van der Waals surface area contributed by atoms with E-state index in [9.17, 15) is 14.3 Å². The first kappa shape index (κ1) is 49.1. The third-order valence-corrected chi connectivity index (χ3v) is 10.3. The van der Waals surface area contributed by atoms with E-state index >= 15 is 0 Å². The van der Waals surface area contributed by atoms with Gasteiger partial charge in [-0.2, -0.15) is 0 Å². The van der Waals surface area contributed by atoms with Crippen LogP contribution in [0.25, 0.3) is 0 Å². The first-order valence-corrected chi connectivity index (χ1v) is 22.7. The maximum Gasteiger partial charge on any atom is 0.472 e. The van der Waals surface area contributed by atoms with Gasteiger partial charge in [-0.05, 0) is 25.3 Å². The number of phosphoric ester groups is 1. The average molecular weight is 732 g/mol. The number of allylic oxidation sites excluding steroid dienone is 1. The zero-order chi connectivity index (χ0) is 36.6. The lowest BCUT2D eigenvalue weighted by atomic mass is 10.0. The lowest BCUT2D eigenvalue weighted by Crippen LogP contribution is -2.27. The van der Waals surface area contributed by atoms with Gasteiger partial charge in [-0.15, -0.1) is 0 Å². The van der Waals surface area contributed by atoms with E-state index in [0.717, 1.165) is 32.1 Å². The van der Waals surface area contributed by atoms with Crippen molar-refractivity contribution in [1.82, 2.24) is 0 Å². The molecule has 2 unspecified atom stereocenters. The van der Waals surface area contributed by atoms with Crippen LogP contribution in [0.3, 0.4) is 0 Å². The van der Waals surface area contributed by atoms with Gasteiger partial charge in [0.05, 0.1) is 19.5 Å². The van der Waals surface area contributed by atoms with E-state index in [1.165, 1.54) is 161 Å². The number of hydrogen-bond donors (Lipinski definition) is 2. The highest BCUT2D eigenvalue weighted by atomic mass is 31.2. The maximum absolute atomic E-state index is 12.6. The molecule has 50 heavy (non-hydrogen) atoms. The van der Waals surface area contributed by atoms with Crippen molar-refractivity contribution in [3.63, 3.8) is 0 Å². The molecule has 0 aliphatic heterocycles. The second kappa shape index (κ2) is 39.3. The number of unbranched alkanes of at least 4 members (excludes halogenated alkanes) is 28. The van der Waals surface area contributed by atoms with E-state index in [1.54, 1.807) is 6.26 Å². The fourth-order valence-electron chi connectivity index (χ4n) is 6.14. The van der Waals surface area contributed by atoms with Gasteiger partial charge in [0, 0.05) is 13.0 Å². The van der Waals surface area contributed by atoms with Crippen molar-refractivity contribution in [1.29, 1.82) is 0 Å². The van der Waals surface area contributed by atoms with Crippen molar-refractivity contribution < 1.29 is 32.8 Å². The first-order valence-electron chi connectivity index (χ1n) is 21.2. The van der Waals surface area contributed by atoms with Crippen molar-refractivity contribution in [3.8, 4) is 0 Å². The molecule has 0 bridgehead atoms. The van der Waals surface area contributed by atoms with Gasteiger partial charge in [-0.25, -0.2) is 4.57 Å². The highest BCUT2D eigenvalue weighted by Gasteiger charge is 2.25. The quantitative estimate of drug-likeness (QED) is 0.0276. The normalized spacial score (nSPS) is 13.5. The Kier molecular flexibility index (Phi) is 38.6. The van der Waals surface area contributed by atoms with Crippen LogP contribution in [-0.4, -0.2) is 43.3 Å². The Morgan fingerprint density at radius 1 is 0.600 bits per heavy atom. The lowest BCUT2D eigenvalue weighted by molar-refractivity contribution is -0.153. The van der Waals surface area contributed by atoms with Gasteiger partial charge >= 0.3 is 13.8 Å². The van der Waals surface area contributed by atoms with Crippen LogP contribution in [0, 0.1) is 0 Å². The number of carbonyl (C=O) groups excluding carboxylic acids is 1. The average Bonchev–Trinajstić information content (AvgIpc) is 3.10. The molecule has 0 aromatic carbocycles. The predicted molar refractivity (Wildman–Crippen MR) is 210 cm³/mol. The molecule has 0 fully saturated rings. The lowest BCUT2D eigenvalue weighted by Gasteiger charge is -2.19. The van der Waals surface area contributed by atoms with Gasteiger partial charge in [0.1, 0.15) is 6.61 Å². The maximum atomic E-state index is 12.6. The molecule has 298 valence electrons. The fraction of sp³-hybridized carbons (Fsp3) is 0.927. The molecule has 0 rings (SSSR count). The van der Waals surface area contributed by atoms with Crippen LogP contribution in [0.15, 0.2) is 12.3 Å². The van der Waals surface area contributed by atoms with Gasteiger partial charge < -0.3 is 20.1 Å². The third-order valence-electron chi connectivity index (χ3n) is 9.28. The molecule has 0 aromatic rings. The minimum absolute atomic E-state index is 0.0383. The second-order valence-electron chi connectivity index (χ2n) is 14.3. The topological polar surface area (TPSA) is 117 Å². The predicted octanol–water partition coefficient (Wildman–Crippen LogP) is 12.7. The summed E-state index contributed by atoms with van der Waals surface area (Å²) in [7, 11) is -4.28. The minimum atomic E-state index is -4.28. The van der Waals surface area contributed by atoms with E-state index in [0.29, 0.717) is 6.42 Å². The van der Waals surface area contributed by atoms with Crippen LogP contribution in [-0.2, 0) is 27.9 Å². The number of esters is 1. The fourth-order valence-corrected chi connectivity index (χ4v) is 6.91. The minimum Gasteiger partial charge on any atom is -0.498 e. The monoisotopic (exact) mass is 732 g/mol. The van der Waals surface area contributed by atoms with Gasteiger partial charge in [0.2, 0.25) is 0 Å². The van der Waals surface area contributed by atoms with Crippen LogP contribution >= 0.6 is 7.82 Å². The summed E-state index contributed by atoms with van der Waals surface area (Å²) in [6, 6.07) is 0. The Hall–Kier alpha value is -0.920. The van der Waals surface area contributed by atoms with Crippen LogP contribution in [0.5, 0.6) is 0 Å². The van der Waals surface area contributed by atoms with E-state index in [2.05, 4.69) is 13.8 Å². The largest absolute Gasteiger partial charge is 0.498 e. The van der Waals surface area contributed by atoms with Crippen LogP contribution < -0.4 is 5.73 Å². The molecule has 2 atom stereocenters. The Bertz CT molecular complexity index is 782. The van der Waals surface area contributed by atoms with Crippen LogP contribution in [0.2, 0.25) is 0 Å². The van der Waals surface area contributed by atoms with Gasteiger partial charge in [-0.1, -0.05) is 187 Å². The van der Waals surface area contributed by atoms with Crippen molar-refractivity contribution in [3.05, 3.63) is 12.3 Å². The number of nitrogens with two attached hydrogens (primary N) is 1. The number of ether oxygens (including phenoxy) is 2. The number of rotatable bonds is 41. The summed E-state index contributed by atoms with van der Waals surface area (Å²) in [5.74, 6) is -0.348. The molecule has 0 spiro atoms. The molecule has 8 nitrogen and oxygen atoms in total. The summed E-state index contributed by atoms with van der Waals surface area (Å²) in [6.45, 7) is 4.27. The number of phosphoric acid groups is 1. The van der Waals surface area contributed by atoms with Crippen LogP contribution in [0.4, 0.5) is 0 Å². The van der Waals surface area contributed by atoms with Crippen molar-refractivity contribution in [2.24, 2.45) is 5.73 Å².